The number of hydrogen-bond acceptors (Lipinski definition) is 5. The molecule has 6 nitrogen and oxygen atoms in total. The van der Waals surface area contributed by atoms with Crippen molar-refractivity contribution in [3.63, 3.8) is 0 Å². The zero-order valence-corrected chi connectivity index (χ0v) is 14.3. The Morgan fingerprint density at radius 3 is 2.64 bits per heavy atom. The monoisotopic (exact) mass is 390 g/mol. The molecule has 0 atom stereocenters. The Labute approximate surface area is 156 Å². The molecule has 0 saturated carbocycles. The van der Waals surface area contributed by atoms with Crippen LogP contribution in [-0.4, -0.2) is 35.0 Å². The highest BCUT2D eigenvalue weighted by molar-refractivity contribution is 5.97. The molecule has 3 aromatic rings. The molecule has 0 bridgehead atoms. The van der Waals surface area contributed by atoms with E-state index in [4.69, 9.17) is 9.15 Å². The van der Waals surface area contributed by atoms with Crippen LogP contribution < -0.4 is 10.4 Å². The third-order valence-electron chi connectivity index (χ3n) is 4.31. The van der Waals surface area contributed by atoms with Gasteiger partial charge in [0.2, 0.25) is 5.88 Å². The summed E-state index contributed by atoms with van der Waals surface area (Å²) in [7, 11) is 0. The van der Waals surface area contributed by atoms with E-state index in [1.54, 1.807) is 24.3 Å². The van der Waals surface area contributed by atoms with Crippen molar-refractivity contribution < 1.29 is 27.1 Å². The zero-order chi connectivity index (χ0) is 19.9. The van der Waals surface area contributed by atoms with E-state index in [0.717, 1.165) is 6.07 Å². The summed E-state index contributed by atoms with van der Waals surface area (Å²) in [6, 6.07) is 11.6. The van der Waals surface area contributed by atoms with Gasteiger partial charge in [0.05, 0.1) is 13.1 Å². The number of aromatic nitrogens is 1. The van der Waals surface area contributed by atoms with Gasteiger partial charge in [-0.3, -0.25) is 4.79 Å². The van der Waals surface area contributed by atoms with E-state index < -0.39 is 29.5 Å². The lowest BCUT2D eigenvalue weighted by Gasteiger charge is -2.38. The van der Waals surface area contributed by atoms with E-state index >= 15 is 0 Å². The number of amides is 1. The van der Waals surface area contributed by atoms with Gasteiger partial charge in [0.1, 0.15) is 22.9 Å². The highest BCUT2D eigenvalue weighted by Crippen LogP contribution is 2.29. The fraction of sp³-hybridized carbons (Fsp3) is 0.211. The number of alkyl halides is 3. The van der Waals surface area contributed by atoms with Crippen LogP contribution in [0.25, 0.3) is 11.0 Å². The molecule has 1 fully saturated rings. The van der Waals surface area contributed by atoms with Crippen LogP contribution in [0.5, 0.6) is 5.88 Å². The Bertz CT molecular complexity index is 1100. The van der Waals surface area contributed by atoms with Crippen molar-refractivity contribution in [1.82, 2.24) is 9.88 Å². The molecule has 3 heterocycles. The summed E-state index contributed by atoms with van der Waals surface area (Å²) in [4.78, 5) is 29.4. The molecule has 0 N–H and O–H groups in total. The van der Waals surface area contributed by atoms with Gasteiger partial charge in [-0.25, -0.2) is 9.78 Å². The van der Waals surface area contributed by atoms with Crippen LogP contribution in [0.2, 0.25) is 0 Å². The zero-order valence-electron chi connectivity index (χ0n) is 14.3. The van der Waals surface area contributed by atoms with Crippen molar-refractivity contribution in [2.45, 2.75) is 12.3 Å². The molecular weight excluding hydrogens is 377 g/mol. The Balaban J connectivity index is 1.44. The van der Waals surface area contributed by atoms with Gasteiger partial charge in [-0.15, -0.1) is 0 Å². The van der Waals surface area contributed by atoms with Crippen molar-refractivity contribution in [2.24, 2.45) is 0 Å². The molecule has 0 spiro atoms. The number of carbonyl (C=O) groups excluding carboxylic acids is 1. The average Bonchev–Trinajstić information content (AvgIpc) is 2.63. The maximum absolute atomic E-state index is 12.7. The number of para-hydroxylation sites is 1. The van der Waals surface area contributed by atoms with Crippen LogP contribution in [0.3, 0.4) is 0 Å². The molecule has 1 amide bonds. The number of benzene rings is 1. The summed E-state index contributed by atoms with van der Waals surface area (Å²) in [6.07, 6.45) is -5.07. The fourth-order valence-corrected chi connectivity index (χ4v) is 2.87. The van der Waals surface area contributed by atoms with Crippen molar-refractivity contribution in [3.05, 3.63) is 70.2 Å². The molecule has 4 rings (SSSR count). The van der Waals surface area contributed by atoms with Gasteiger partial charge in [-0.2, -0.15) is 13.2 Å². The second kappa shape index (κ2) is 6.66. The van der Waals surface area contributed by atoms with Crippen LogP contribution in [0.15, 0.2) is 57.7 Å². The summed E-state index contributed by atoms with van der Waals surface area (Å²) in [5.74, 6) is -0.687. The SMILES string of the molecule is O=C(c1cc2ccccc2oc1=O)N1CC(Oc2cccc(C(F)(F)F)n2)C1. The van der Waals surface area contributed by atoms with Gasteiger partial charge >= 0.3 is 11.8 Å². The maximum Gasteiger partial charge on any atom is 0.433 e. The van der Waals surface area contributed by atoms with Crippen molar-refractivity contribution >= 4 is 16.9 Å². The van der Waals surface area contributed by atoms with Gasteiger partial charge < -0.3 is 14.1 Å². The van der Waals surface area contributed by atoms with Gasteiger partial charge in [0.25, 0.3) is 5.91 Å². The third kappa shape index (κ3) is 3.42. The Morgan fingerprint density at radius 1 is 1.14 bits per heavy atom. The topological polar surface area (TPSA) is 72.6 Å². The first kappa shape index (κ1) is 18.0. The number of halogens is 3. The van der Waals surface area contributed by atoms with E-state index in [2.05, 4.69) is 4.98 Å². The van der Waals surface area contributed by atoms with Crippen LogP contribution in [-0.2, 0) is 6.18 Å². The summed E-state index contributed by atoms with van der Waals surface area (Å²) >= 11 is 0. The van der Waals surface area contributed by atoms with Crippen molar-refractivity contribution in [1.29, 1.82) is 0 Å². The maximum atomic E-state index is 12.7. The van der Waals surface area contributed by atoms with E-state index in [1.807, 2.05) is 0 Å². The van der Waals surface area contributed by atoms with Crippen LogP contribution >= 0.6 is 0 Å². The number of hydrogen-bond donors (Lipinski definition) is 0. The van der Waals surface area contributed by atoms with Gasteiger partial charge in [0, 0.05) is 11.5 Å². The van der Waals surface area contributed by atoms with Crippen LogP contribution in [0, 0.1) is 0 Å². The van der Waals surface area contributed by atoms with E-state index in [-0.39, 0.29) is 24.5 Å². The molecule has 1 saturated heterocycles. The summed E-state index contributed by atoms with van der Waals surface area (Å²) in [6.45, 7) is 0.256. The first-order valence-corrected chi connectivity index (χ1v) is 8.34. The smallest absolute Gasteiger partial charge is 0.433 e. The highest BCUT2D eigenvalue weighted by Gasteiger charge is 2.36. The number of fused-ring (bicyclic) bond motifs is 1. The Hall–Kier alpha value is -3.36. The van der Waals surface area contributed by atoms with Crippen LogP contribution in [0.4, 0.5) is 13.2 Å². The number of likely N-dealkylation sites (tertiary alicyclic amines) is 1. The molecule has 9 heteroatoms. The largest absolute Gasteiger partial charge is 0.471 e. The molecule has 0 aliphatic carbocycles. The lowest BCUT2D eigenvalue weighted by Crippen LogP contribution is -2.56. The third-order valence-corrected chi connectivity index (χ3v) is 4.31. The summed E-state index contributed by atoms with van der Waals surface area (Å²) in [5.41, 5.74) is -1.52. The second-order valence-electron chi connectivity index (χ2n) is 6.29. The summed E-state index contributed by atoms with van der Waals surface area (Å²) < 4.78 is 48.6. The van der Waals surface area contributed by atoms with Gasteiger partial charge in [-0.1, -0.05) is 24.3 Å². The minimum atomic E-state index is -4.56. The predicted molar refractivity (Wildman–Crippen MR) is 92.0 cm³/mol. The lowest BCUT2D eigenvalue weighted by atomic mass is 10.1. The predicted octanol–water partition coefficient (Wildman–Crippen LogP) is 3.11. The Morgan fingerprint density at radius 2 is 1.89 bits per heavy atom. The number of carbonyl (C=O) groups is 1. The fourth-order valence-electron chi connectivity index (χ4n) is 2.87. The average molecular weight is 390 g/mol. The van der Waals surface area contributed by atoms with Crippen molar-refractivity contribution in [2.75, 3.05) is 13.1 Å². The lowest BCUT2D eigenvalue weighted by molar-refractivity contribution is -0.141. The molecular formula is C19H13F3N2O4. The number of rotatable bonds is 3. The van der Waals surface area contributed by atoms with Crippen LogP contribution in [0.1, 0.15) is 16.1 Å². The standard InChI is InChI=1S/C19H13F3N2O4/c20-19(21,22)15-6-3-7-16(23-15)27-12-9-24(10-12)17(25)13-8-11-4-1-2-5-14(11)28-18(13)26/h1-8,12H,9-10H2. The number of nitrogens with zero attached hydrogens (tertiary/aromatic N) is 2. The molecule has 1 aliphatic rings. The first-order valence-electron chi connectivity index (χ1n) is 8.34. The Kier molecular flexibility index (Phi) is 4.29. The molecule has 2 aromatic heterocycles. The normalized spacial score (nSPS) is 14.8. The number of pyridine rings is 1. The molecule has 1 aliphatic heterocycles. The quantitative estimate of drug-likeness (QED) is 0.643. The minimum absolute atomic E-state index is 0.102. The number of ether oxygens (including phenoxy) is 1. The molecule has 0 unspecified atom stereocenters. The molecule has 0 radical (unpaired) electrons. The highest BCUT2D eigenvalue weighted by atomic mass is 19.4. The van der Waals surface area contributed by atoms with E-state index in [0.29, 0.717) is 11.0 Å². The molecule has 1 aromatic carbocycles. The first-order chi connectivity index (χ1) is 13.3. The molecule has 28 heavy (non-hydrogen) atoms. The molecule has 144 valence electrons. The summed E-state index contributed by atoms with van der Waals surface area (Å²) in [5, 5.41) is 0.618. The second-order valence-corrected chi connectivity index (χ2v) is 6.29. The van der Waals surface area contributed by atoms with Gasteiger partial charge in [0.15, 0.2) is 0 Å². The van der Waals surface area contributed by atoms with Crippen molar-refractivity contribution in [3.8, 4) is 5.88 Å². The van der Waals surface area contributed by atoms with E-state index in [1.165, 1.54) is 23.1 Å². The van der Waals surface area contributed by atoms with E-state index in [9.17, 15) is 22.8 Å². The van der Waals surface area contributed by atoms with Gasteiger partial charge in [-0.05, 0) is 18.2 Å². The minimum Gasteiger partial charge on any atom is -0.471 e.